The summed E-state index contributed by atoms with van der Waals surface area (Å²) < 4.78 is 2.00. The lowest BCUT2D eigenvalue weighted by atomic mass is 9.96. The molecule has 4 aromatic rings. The molecule has 0 saturated heterocycles. The molecule has 1 aliphatic heterocycles. The third-order valence-corrected chi connectivity index (χ3v) is 7.11. The molecular formula is C27H28N6O3. The summed E-state index contributed by atoms with van der Waals surface area (Å²) in [5, 5.41) is 36.3. The van der Waals surface area contributed by atoms with E-state index < -0.39 is 0 Å². The second kappa shape index (κ2) is 9.07. The lowest BCUT2D eigenvalue weighted by Crippen LogP contribution is -2.26. The molecule has 9 heteroatoms. The van der Waals surface area contributed by atoms with Gasteiger partial charge in [-0.25, -0.2) is 4.68 Å². The van der Waals surface area contributed by atoms with Gasteiger partial charge in [0, 0.05) is 35.9 Å². The lowest BCUT2D eigenvalue weighted by molar-refractivity contribution is 0.0747. The van der Waals surface area contributed by atoms with Crippen LogP contribution in [0.2, 0.25) is 0 Å². The minimum atomic E-state index is -0.327. The van der Waals surface area contributed by atoms with Gasteiger partial charge in [-0.2, -0.15) is 10.2 Å². The van der Waals surface area contributed by atoms with E-state index in [0.29, 0.717) is 18.8 Å². The van der Waals surface area contributed by atoms with E-state index in [0.717, 1.165) is 54.0 Å². The maximum atomic E-state index is 13.6. The van der Waals surface area contributed by atoms with Gasteiger partial charge in [0.2, 0.25) is 0 Å². The Hall–Kier alpha value is -4.27. The van der Waals surface area contributed by atoms with Gasteiger partial charge in [-0.15, -0.1) is 0 Å². The smallest absolute Gasteiger partial charge is 0.260 e. The molecule has 2 aromatic carbocycles. The van der Waals surface area contributed by atoms with Gasteiger partial charge in [0.1, 0.15) is 22.9 Å². The SMILES string of the molecule is O=C(c1c(O)cc(O)cc1Nc1cc(-c2ccccc2)nn1C1CCCCC1)N1Cc2cn[nH]c2C1. The molecule has 9 nitrogen and oxygen atoms in total. The van der Waals surface area contributed by atoms with E-state index in [-0.39, 0.29) is 29.0 Å². The van der Waals surface area contributed by atoms with Crippen molar-refractivity contribution in [1.82, 2.24) is 24.9 Å². The Morgan fingerprint density at radius 1 is 1.03 bits per heavy atom. The van der Waals surface area contributed by atoms with E-state index in [1.807, 2.05) is 41.1 Å². The van der Waals surface area contributed by atoms with Gasteiger partial charge in [-0.1, -0.05) is 49.6 Å². The van der Waals surface area contributed by atoms with E-state index in [1.165, 1.54) is 18.6 Å². The summed E-state index contributed by atoms with van der Waals surface area (Å²) in [5.74, 6) is -0.0140. The van der Waals surface area contributed by atoms with Crippen molar-refractivity contribution < 1.29 is 15.0 Å². The molecule has 0 atom stereocenters. The highest BCUT2D eigenvalue weighted by molar-refractivity contribution is 6.03. The molecule has 4 N–H and O–H groups in total. The Bertz CT molecular complexity index is 1380. The zero-order valence-electron chi connectivity index (χ0n) is 19.8. The summed E-state index contributed by atoms with van der Waals surface area (Å²) in [6.07, 6.45) is 7.28. The molecule has 1 aliphatic carbocycles. The Morgan fingerprint density at radius 3 is 2.61 bits per heavy atom. The Morgan fingerprint density at radius 2 is 1.83 bits per heavy atom. The van der Waals surface area contributed by atoms with Crippen LogP contribution in [0, 0.1) is 0 Å². The summed E-state index contributed by atoms with van der Waals surface area (Å²) in [6, 6.07) is 14.8. The van der Waals surface area contributed by atoms with Gasteiger partial charge in [-0.05, 0) is 12.8 Å². The number of anilines is 2. The molecule has 2 aliphatic rings. The van der Waals surface area contributed by atoms with E-state index >= 15 is 0 Å². The number of H-pyrrole nitrogens is 1. The van der Waals surface area contributed by atoms with E-state index in [9.17, 15) is 15.0 Å². The van der Waals surface area contributed by atoms with Crippen molar-refractivity contribution in [3.63, 3.8) is 0 Å². The van der Waals surface area contributed by atoms with Gasteiger partial charge in [-0.3, -0.25) is 9.89 Å². The molecule has 0 radical (unpaired) electrons. The van der Waals surface area contributed by atoms with Crippen molar-refractivity contribution in [2.24, 2.45) is 0 Å². The molecule has 0 spiro atoms. The zero-order valence-corrected chi connectivity index (χ0v) is 19.8. The first-order valence-electron chi connectivity index (χ1n) is 12.3. The monoisotopic (exact) mass is 484 g/mol. The first-order chi connectivity index (χ1) is 17.6. The third kappa shape index (κ3) is 4.06. The number of aromatic nitrogens is 4. The molecular weight excluding hydrogens is 456 g/mol. The predicted molar refractivity (Wildman–Crippen MR) is 135 cm³/mol. The van der Waals surface area contributed by atoms with E-state index in [1.54, 1.807) is 11.1 Å². The molecule has 36 heavy (non-hydrogen) atoms. The fourth-order valence-electron chi connectivity index (χ4n) is 5.28. The number of benzene rings is 2. The number of hydrogen-bond acceptors (Lipinski definition) is 6. The standard InChI is InChI=1S/C27H28N6O3/c34-20-11-22(26(24(35)12-20)27(36)32-15-18-14-28-30-23(18)16-32)29-25-13-21(17-7-3-1-4-8-17)31-33(25)19-9-5-2-6-10-19/h1,3-4,7-8,11-14,19,29,34-35H,2,5-6,9-10,15-16H2,(H,28,30). The second-order valence-electron chi connectivity index (χ2n) is 9.56. The number of nitrogens with one attached hydrogen (secondary N) is 2. The molecule has 6 rings (SSSR count). The molecule has 0 bridgehead atoms. The van der Waals surface area contributed by atoms with Crippen LogP contribution in [0.5, 0.6) is 11.5 Å². The number of aromatic amines is 1. The van der Waals surface area contributed by atoms with Gasteiger partial charge < -0.3 is 20.4 Å². The van der Waals surface area contributed by atoms with Crippen LogP contribution in [0.1, 0.15) is 59.8 Å². The van der Waals surface area contributed by atoms with Gasteiger partial charge in [0.05, 0.1) is 35.9 Å². The third-order valence-electron chi connectivity index (χ3n) is 7.11. The molecule has 184 valence electrons. The Labute approximate surface area is 208 Å². The lowest BCUT2D eigenvalue weighted by Gasteiger charge is -2.25. The highest BCUT2D eigenvalue weighted by Crippen LogP contribution is 2.38. The van der Waals surface area contributed by atoms with Crippen LogP contribution < -0.4 is 5.32 Å². The molecule has 1 fully saturated rings. The van der Waals surface area contributed by atoms with Crippen molar-refractivity contribution in [2.45, 2.75) is 51.2 Å². The van der Waals surface area contributed by atoms with Crippen molar-refractivity contribution in [2.75, 3.05) is 5.32 Å². The number of fused-ring (bicyclic) bond motifs is 1. The fraction of sp³-hybridized carbons (Fsp3) is 0.296. The van der Waals surface area contributed by atoms with Crippen molar-refractivity contribution in [3.8, 4) is 22.8 Å². The number of amides is 1. The molecule has 1 amide bonds. The highest BCUT2D eigenvalue weighted by Gasteiger charge is 2.30. The van der Waals surface area contributed by atoms with Crippen LogP contribution in [0.15, 0.2) is 54.7 Å². The number of carbonyl (C=O) groups is 1. The fourth-order valence-corrected chi connectivity index (χ4v) is 5.28. The Balaban J connectivity index is 1.38. The normalized spacial score (nSPS) is 15.7. The molecule has 1 saturated carbocycles. The maximum absolute atomic E-state index is 13.6. The van der Waals surface area contributed by atoms with Crippen LogP contribution in [-0.4, -0.2) is 41.0 Å². The number of phenolic OH excluding ortho intramolecular Hbond substituents is 2. The van der Waals surface area contributed by atoms with Crippen LogP contribution in [0.25, 0.3) is 11.3 Å². The van der Waals surface area contributed by atoms with Gasteiger partial charge in [0.15, 0.2) is 0 Å². The number of aromatic hydroxyl groups is 2. The van der Waals surface area contributed by atoms with Crippen LogP contribution in [0.4, 0.5) is 11.5 Å². The number of hydrogen-bond donors (Lipinski definition) is 4. The maximum Gasteiger partial charge on any atom is 0.260 e. The average Bonchev–Trinajstić information content (AvgIpc) is 3.60. The number of nitrogens with zero attached hydrogens (tertiary/aromatic N) is 4. The number of phenols is 2. The van der Waals surface area contributed by atoms with Gasteiger partial charge >= 0.3 is 0 Å². The van der Waals surface area contributed by atoms with Crippen molar-refractivity contribution >= 4 is 17.4 Å². The molecule has 2 aromatic heterocycles. The molecule has 0 unspecified atom stereocenters. The Kier molecular flexibility index (Phi) is 5.59. The highest BCUT2D eigenvalue weighted by atomic mass is 16.3. The van der Waals surface area contributed by atoms with Crippen molar-refractivity contribution in [1.29, 1.82) is 0 Å². The van der Waals surface area contributed by atoms with E-state index in [2.05, 4.69) is 15.5 Å². The largest absolute Gasteiger partial charge is 0.508 e. The topological polar surface area (TPSA) is 119 Å². The number of rotatable bonds is 5. The average molecular weight is 485 g/mol. The number of carbonyl (C=O) groups excluding carboxylic acids is 1. The first kappa shape index (κ1) is 22.2. The summed E-state index contributed by atoms with van der Waals surface area (Å²) in [5.41, 5.74) is 4.12. The molecule has 3 heterocycles. The minimum absolute atomic E-state index is 0.114. The zero-order chi connectivity index (χ0) is 24.6. The van der Waals surface area contributed by atoms with E-state index in [4.69, 9.17) is 5.10 Å². The summed E-state index contributed by atoms with van der Waals surface area (Å²) in [6.45, 7) is 0.786. The van der Waals surface area contributed by atoms with Crippen LogP contribution in [-0.2, 0) is 13.1 Å². The van der Waals surface area contributed by atoms with Crippen molar-refractivity contribution in [3.05, 3.63) is 71.5 Å². The predicted octanol–water partition coefficient (Wildman–Crippen LogP) is 5.09. The summed E-state index contributed by atoms with van der Waals surface area (Å²) >= 11 is 0. The quantitative estimate of drug-likeness (QED) is 0.313. The van der Waals surface area contributed by atoms with Crippen LogP contribution in [0.3, 0.4) is 0 Å². The minimum Gasteiger partial charge on any atom is -0.508 e. The summed E-state index contributed by atoms with van der Waals surface area (Å²) in [4.78, 5) is 15.2. The van der Waals surface area contributed by atoms with Gasteiger partial charge in [0.25, 0.3) is 5.91 Å². The summed E-state index contributed by atoms with van der Waals surface area (Å²) in [7, 11) is 0. The second-order valence-corrected chi connectivity index (χ2v) is 9.56. The first-order valence-corrected chi connectivity index (χ1v) is 12.3. The van der Waals surface area contributed by atoms with Crippen LogP contribution >= 0.6 is 0 Å².